The second kappa shape index (κ2) is 8.03. The number of piperidine rings is 1. The van der Waals surface area contributed by atoms with Crippen molar-refractivity contribution in [3.05, 3.63) is 65.5 Å². The van der Waals surface area contributed by atoms with Gasteiger partial charge in [-0.1, -0.05) is 51.1 Å². The largest absolute Gasteiger partial charge is 0.371 e. The van der Waals surface area contributed by atoms with E-state index in [1.54, 1.807) is 12.1 Å². The Bertz CT molecular complexity index is 694. The van der Waals surface area contributed by atoms with E-state index in [-0.39, 0.29) is 11.7 Å². The molecular weight excluding hydrogens is 309 g/mol. The number of anilines is 1. The molecule has 2 aromatic rings. The Labute approximate surface area is 151 Å². The molecule has 0 saturated carbocycles. The SMILES string of the molecule is CC(C)c1cccc(N2CCCC(CC(C)c3ccccc3F)C2)c1. The van der Waals surface area contributed by atoms with Gasteiger partial charge in [0.2, 0.25) is 0 Å². The molecule has 0 radical (unpaired) electrons. The summed E-state index contributed by atoms with van der Waals surface area (Å²) in [6.07, 6.45) is 3.53. The van der Waals surface area contributed by atoms with Crippen molar-refractivity contribution < 1.29 is 4.39 Å². The lowest BCUT2D eigenvalue weighted by molar-refractivity contribution is 0.367. The average molecular weight is 339 g/mol. The molecule has 2 heteroatoms. The lowest BCUT2D eigenvalue weighted by Gasteiger charge is -2.36. The highest BCUT2D eigenvalue weighted by Gasteiger charge is 2.23. The molecule has 0 N–H and O–H groups in total. The first-order chi connectivity index (χ1) is 12.0. The smallest absolute Gasteiger partial charge is 0.126 e. The average Bonchev–Trinajstić information content (AvgIpc) is 2.62. The lowest BCUT2D eigenvalue weighted by atomic mass is 9.85. The first-order valence-corrected chi connectivity index (χ1v) is 9.64. The summed E-state index contributed by atoms with van der Waals surface area (Å²) in [4.78, 5) is 2.52. The zero-order valence-corrected chi connectivity index (χ0v) is 15.7. The fraction of sp³-hybridized carbons (Fsp3) is 0.478. The number of rotatable bonds is 5. The van der Waals surface area contributed by atoms with Gasteiger partial charge < -0.3 is 4.90 Å². The van der Waals surface area contributed by atoms with E-state index in [0.717, 1.165) is 25.1 Å². The minimum absolute atomic E-state index is 0.0627. The molecule has 0 aromatic heterocycles. The highest BCUT2D eigenvalue weighted by molar-refractivity contribution is 5.49. The molecule has 25 heavy (non-hydrogen) atoms. The molecule has 0 bridgehead atoms. The first-order valence-electron chi connectivity index (χ1n) is 9.64. The van der Waals surface area contributed by atoms with Gasteiger partial charge in [-0.05, 0) is 66.3 Å². The van der Waals surface area contributed by atoms with Crippen LogP contribution in [0, 0.1) is 11.7 Å². The standard InChI is InChI=1S/C23H30FN/c1-17(2)20-9-6-10-21(15-20)25-13-7-8-19(16-25)14-18(3)22-11-4-5-12-23(22)24/h4-6,9-12,15,17-19H,7-8,13-14,16H2,1-3H3. The Balaban J connectivity index is 1.67. The van der Waals surface area contributed by atoms with E-state index in [9.17, 15) is 4.39 Å². The molecular formula is C23H30FN. The second-order valence-electron chi connectivity index (χ2n) is 7.86. The fourth-order valence-corrected chi connectivity index (χ4v) is 4.07. The van der Waals surface area contributed by atoms with Crippen LogP contribution in [0.3, 0.4) is 0 Å². The summed E-state index contributed by atoms with van der Waals surface area (Å²) in [6, 6.07) is 16.2. The van der Waals surface area contributed by atoms with Crippen molar-refractivity contribution in [3.63, 3.8) is 0 Å². The Morgan fingerprint density at radius 3 is 2.64 bits per heavy atom. The van der Waals surface area contributed by atoms with Crippen LogP contribution in [0.5, 0.6) is 0 Å². The van der Waals surface area contributed by atoms with Crippen LogP contribution in [0.2, 0.25) is 0 Å². The van der Waals surface area contributed by atoms with Crippen molar-refractivity contribution in [2.75, 3.05) is 18.0 Å². The van der Waals surface area contributed by atoms with Gasteiger partial charge in [-0.3, -0.25) is 0 Å². The van der Waals surface area contributed by atoms with Crippen molar-refractivity contribution in [1.29, 1.82) is 0 Å². The summed E-state index contributed by atoms with van der Waals surface area (Å²) in [7, 11) is 0. The molecule has 1 aliphatic heterocycles. The van der Waals surface area contributed by atoms with Gasteiger partial charge in [0.1, 0.15) is 5.82 Å². The van der Waals surface area contributed by atoms with Gasteiger partial charge in [0.15, 0.2) is 0 Å². The minimum atomic E-state index is -0.0627. The second-order valence-corrected chi connectivity index (χ2v) is 7.86. The molecule has 1 nitrogen and oxygen atoms in total. The van der Waals surface area contributed by atoms with Gasteiger partial charge >= 0.3 is 0 Å². The minimum Gasteiger partial charge on any atom is -0.371 e. The van der Waals surface area contributed by atoms with Gasteiger partial charge in [0.25, 0.3) is 0 Å². The summed E-state index contributed by atoms with van der Waals surface area (Å²) in [5, 5.41) is 0. The van der Waals surface area contributed by atoms with Crippen LogP contribution in [0.4, 0.5) is 10.1 Å². The summed E-state index contributed by atoms with van der Waals surface area (Å²) < 4.78 is 14.0. The van der Waals surface area contributed by atoms with Crippen molar-refractivity contribution in [2.45, 2.75) is 51.9 Å². The molecule has 3 rings (SSSR count). The molecule has 1 heterocycles. The molecule has 2 atom stereocenters. The van der Waals surface area contributed by atoms with E-state index in [4.69, 9.17) is 0 Å². The zero-order valence-electron chi connectivity index (χ0n) is 15.7. The van der Waals surface area contributed by atoms with E-state index in [0.29, 0.717) is 11.8 Å². The maximum Gasteiger partial charge on any atom is 0.126 e. The van der Waals surface area contributed by atoms with E-state index >= 15 is 0 Å². The van der Waals surface area contributed by atoms with Gasteiger partial charge in [-0.25, -0.2) is 4.39 Å². The van der Waals surface area contributed by atoms with Crippen LogP contribution >= 0.6 is 0 Å². The molecule has 0 aliphatic carbocycles. The molecule has 2 aromatic carbocycles. The Morgan fingerprint density at radius 1 is 1.08 bits per heavy atom. The van der Waals surface area contributed by atoms with Gasteiger partial charge in [-0.15, -0.1) is 0 Å². The fourth-order valence-electron chi connectivity index (χ4n) is 4.07. The third-order valence-electron chi connectivity index (χ3n) is 5.54. The summed E-state index contributed by atoms with van der Waals surface area (Å²) in [5.74, 6) is 1.40. The van der Waals surface area contributed by atoms with E-state index < -0.39 is 0 Å². The van der Waals surface area contributed by atoms with Crippen molar-refractivity contribution in [3.8, 4) is 0 Å². The van der Waals surface area contributed by atoms with E-state index in [2.05, 4.69) is 49.9 Å². The first kappa shape index (κ1) is 18.0. The topological polar surface area (TPSA) is 3.24 Å². The molecule has 2 unspecified atom stereocenters. The Morgan fingerprint density at radius 2 is 1.88 bits per heavy atom. The zero-order chi connectivity index (χ0) is 17.8. The van der Waals surface area contributed by atoms with Gasteiger partial charge in [0.05, 0.1) is 0 Å². The summed E-state index contributed by atoms with van der Waals surface area (Å²) in [5.41, 5.74) is 3.61. The van der Waals surface area contributed by atoms with Crippen LogP contribution in [-0.2, 0) is 0 Å². The number of halogens is 1. The van der Waals surface area contributed by atoms with Crippen molar-refractivity contribution in [2.24, 2.45) is 5.92 Å². The quantitative estimate of drug-likeness (QED) is 0.612. The number of hydrogen-bond acceptors (Lipinski definition) is 1. The predicted molar refractivity (Wildman–Crippen MR) is 105 cm³/mol. The van der Waals surface area contributed by atoms with Crippen LogP contribution < -0.4 is 4.90 Å². The molecule has 1 saturated heterocycles. The van der Waals surface area contributed by atoms with Crippen LogP contribution in [0.1, 0.15) is 63.0 Å². The molecule has 0 spiro atoms. The predicted octanol–water partition coefficient (Wildman–Crippen LogP) is 6.36. The molecule has 1 aliphatic rings. The monoisotopic (exact) mass is 339 g/mol. The third-order valence-corrected chi connectivity index (χ3v) is 5.54. The summed E-state index contributed by atoms with van der Waals surface area (Å²) >= 11 is 0. The van der Waals surface area contributed by atoms with Crippen LogP contribution in [-0.4, -0.2) is 13.1 Å². The van der Waals surface area contributed by atoms with Gasteiger partial charge in [-0.2, -0.15) is 0 Å². The van der Waals surface area contributed by atoms with Crippen molar-refractivity contribution >= 4 is 5.69 Å². The Hall–Kier alpha value is -1.83. The van der Waals surface area contributed by atoms with Crippen molar-refractivity contribution in [1.82, 2.24) is 0 Å². The highest BCUT2D eigenvalue weighted by atomic mass is 19.1. The van der Waals surface area contributed by atoms with Crippen LogP contribution in [0.25, 0.3) is 0 Å². The molecule has 0 amide bonds. The number of benzene rings is 2. The van der Waals surface area contributed by atoms with E-state index in [1.807, 2.05) is 12.1 Å². The lowest BCUT2D eigenvalue weighted by Crippen LogP contribution is -2.36. The maximum absolute atomic E-state index is 14.0. The number of nitrogens with zero attached hydrogens (tertiary/aromatic N) is 1. The van der Waals surface area contributed by atoms with Gasteiger partial charge in [0, 0.05) is 18.8 Å². The number of hydrogen-bond donors (Lipinski definition) is 0. The summed E-state index contributed by atoms with van der Waals surface area (Å²) in [6.45, 7) is 8.87. The maximum atomic E-state index is 14.0. The molecule has 134 valence electrons. The molecule has 1 fully saturated rings. The van der Waals surface area contributed by atoms with E-state index in [1.165, 1.54) is 24.1 Å². The van der Waals surface area contributed by atoms with Crippen LogP contribution in [0.15, 0.2) is 48.5 Å². The Kier molecular flexibility index (Phi) is 5.78. The third kappa shape index (κ3) is 4.42. The highest BCUT2D eigenvalue weighted by Crippen LogP contribution is 2.32. The normalized spacial score (nSPS) is 19.2.